The molecule has 3 aromatic carbocycles. The predicted octanol–water partition coefficient (Wildman–Crippen LogP) is 5.29. The van der Waals surface area contributed by atoms with E-state index < -0.39 is 33.2 Å². The summed E-state index contributed by atoms with van der Waals surface area (Å²) >= 11 is 3.15. The van der Waals surface area contributed by atoms with Crippen LogP contribution in [0.3, 0.4) is 0 Å². The average Bonchev–Trinajstić information content (AvgIpc) is 3.06. The summed E-state index contributed by atoms with van der Waals surface area (Å²) < 4.78 is 78.8. The van der Waals surface area contributed by atoms with Crippen LogP contribution in [0.4, 0.5) is 17.6 Å². The van der Waals surface area contributed by atoms with Gasteiger partial charge in [-0.15, -0.1) is 0 Å². The van der Waals surface area contributed by atoms with Crippen LogP contribution in [-0.4, -0.2) is 19.8 Å². The first-order valence-electron chi connectivity index (χ1n) is 9.00. The van der Waals surface area contributed by atoms with Crippen LogP contribution in [0.15, 0.2) is 70.1 Å². The lowest BCUT2D eigenvalue weighted by molar-refractivity contribution is -0.0500. The Bertz CT molecular complexity index is 1360. The second-order valence-electron chi connectivity index (χ2n) is 6.87. The molecule has 0 saturated carbocycles. The van der Waals surface area contributed by atoms with Gasteiger partial charge in [-0.2, -0.15) is 21.6 Å². The molecule has 0 radical (unpaired) electrons. The SMILES string of the molecule is NC1=NC(c2cccc(OS(=O)(=O)C(F)(F)F)c2)c2cccc(-c3ccc(F)c(Br)c3)c21. The molecule has 0 amide bonds. The van der Waals surface area contributed by atoms with Gasteiger partial charge in [0, 0.05) is 5.56 Å². The zero-order chi connectivity index (χ0) is 23.3. The molecule has 4 rings (SSSR count). The lowest BCUT2D eigenvalue weighted by atomic mass is 9.91. The molecular weight excluding hydrogens is 516 g/mol. The molecule has 166 valence electrons. The third-order valence-electron chi connectivity index (χ3n) is 4.81. The molecule has 0 spiro atoms. The third-order valence-corrected chi connectivity index (χ3v) is 6.40. The van der Waals surface area contributed by atoms with Gasteiger partial charge in [0.2, 0.25) is 0 Å². The highest BCUT2D eigenvalue weighted by molar-refractivity contribution is 9.10. The monoisotopic (exact) mass is 528 g/mol. The number of alkyl halides is 3. The Morgan fingerprint density at radius 1 is 1.03 bits per heavy atom. The van der Waals surface area contributed by atoms with E-state index >= 15 is 0 Å². The van der Waals surface area contributed by atoms with E-state index in [1.165, 1.54) is 18.2 Å². The van der Waals surface area contributed by atoms with Crippen LogP contribution in [-0.2, 0) is 10.1 Å². The van der Waals surface area contributed by atoms with Gasteiger partial charge in [0.15, 0.2) is 0 Å². The summed E-state index contributed by atoms with van der Waals surface area (Å²) in [6.45, 7) is 0. The van der Waals surface area contributed by atoms with Gasteiger partial charge in [-0.25, -0.2) is 4.39 Å². The maximum absolute atomic E-state index is 13.7. The molecule has 32 heavy (non-hydrogen) atoms. The summed E-state index contributed by atoms with van der Waals surface area (Å²) in [5.74, 6) is -0.734. The van der Waals surface area contributed by atoms with E-state index in [4.69, 9.17) is 5.73 Å². The predicted molar refractivity (Wildman–Crippen MR) is 114 cm³/mol. The minimum absolute atomic E-state index is 0.190. The van der Waals surface area contributed by atoms with Crippen molar-refractivity contribution in [3.8, 4) is 16.9 Å². The molecule has 1 unspecified atom stereocenters. The molecule has 0 aromatic heterocycles. The molecule has 1 heterocycles. The summed E-state index contributed by atoms with van der Waals surface area (Å²) in [4.78, 5) is 4.42. The molecule has 1 atom stereocenters. The molecule has 0 bridgehead atoms. The highest BCUT2D eigenvalue weighted by Gasteiger charge is 2.48. The van der Waals surface area contributed by atoms with Crippen molar-refractivity contribution >= 4 is 31.9 Å². The van der Waals surface area contributed by atoms with Crippen molar-refractivity contribution in [2.45, 2.75) is 11.6 Å². The summed E-state index contributed by atoms with van der Waals surface area (Å²) in [5, 5.41) is 0. The van der Waals surface area contributed by atoms with Crippen molar-refractivity contribution in [2.75, 3.05) is 0 Å². The highest BCUT2D eigenvalue weighted by Crippen LogP contribution is 2.40. The van der Waals surface area contributed by atoms with Crippen LogP contribution >= 0.6 is 15.9 Å². The quantitative estimate of drug-likeness (QED) is 0.283. The molecule has 0 saturated heterocycles. The van der Waals surface area contributed by atoms with Crippen molar-refractivity contribution in [1.82, 2.24) is 0 Å². The normalized spacial score (nSPS) is 15.9. The number of rotatable bonds is 4. The molecule has 0 aliphatic carbocycles. The molecular formula is C21H13BrF4N2O3S. The fraction of sp³-hybridized carbons (Fsp3) is 0.0952. The number of benzene rings is 3. The van der Waals surface area contributed by atoms with Gasteiger partial charge in [-0.05, 0) is 62.4 Å². The number of aliphatic imine (C=N–C) groups is 1. The maximum atomic E-state index is 13.7. The van der Waals surface area contributed by atoms with Gasteiger partial charge in [0.1, 0.15) is 23.4 Å². The van der Waals surface area contributed by atoms with Gasteiger partial charge in [0.25, 0.3) is 0 Å². The van der Waals surface area contributed by atoms with Crippen molar-refractivity contribution in [2.24, 2.45) is 10.7 Å². The molecule has 0 fully saturated rings. The van der Waals surface area contributed by atoms with Crippen molar-refractivity contribution < 1.29 is 30.2 Å². The van der Waals surface area contributed by atoms with Crippen LogP contribution in [0.25, 0.3) is 11.1 Å². The Kier molecular flexibility index (Phi) is 5.49. The Morgan fingerprint density at radius 2 is 1.75 bits per heavy atom. The van der Waals surface area contributed by atoms with Gasteiger partial charge in [-0.3, -0.25) is 4.99 Å². The van der Waals surface area contributed by atoms with E-state index in [0.717, 1.165) is 6.07 Å². The van der Waals surface area contributed by atoms with Gasteiger partial charge < -0.3 is 9.92 Å². The van der Waals surface area contributed by atoms with Gasteiger partial charge >= 0.3 is 15.6 Å². The van der Waals surface area contributed by atoms with E-state index in [1.54, 1.807) is 36.4 Å². The van der Waals surface area contributed by atoms with Crippen LogP contribution in [0, 0.1) is 5.82 Å². The van der Waals surface area contributed by atoms with Crippen molar-refractivity contribution in [3.05, 3.63) is 87.6 Å². The number of hydrogen-bond donors (Lipinski definition) is 1. The van der Waals surface area contributed by atoms with E-state index in [0.29, 0.717) is 27.8 Å². The molecule has 1 aliphatic rings. The topological polar surface area (TPSA) is 81.8 Å². The second kappa shape index (κ2) is 7.89. The molecule has 5 nitrogen and oxygen atoms in total. The zero-order valence-corrected chi connectivity index (χ0v) is 18.3. The minimum Gasteiger partial charge on any atom is -0.383 e. The summed E-state index contributed by atoms with van der Waals surface area (Å²) in [6, 6.07) is 14.3. The fourth-order valence-electron chi connectivity index (χ4n) is 3.43. The van der Waals surface area contributed by atoms with Crippen molar-refractivity contribution in [3.63, 3.8) is 0 Å². The first-order valence-corrected chi connectivity index (χ1v) is 11.2. The standard InChI is InChI=1S/C21H13BrF4N2O3S/c22-16-10-11(7-8-17(16)23)14-5-2-6-15-18(14)20(27)28-19(15)12-3-1-4-13(9-12)31-32(29,30)21(24,25)26/h1-10,19H,(H2,27,28). The highest BCUT2D eigenvalue weighted by atomic mass is 79.9. The number of amidine groups is 1. The second-order valence-corrected chi connectivity index (χ2v) is 9.26. The number of hydrogen-bond acceptors (Lipinski definition) is 5. The van der Waals surface area contributed by atoms with Crippen LogP contribution < -0.4 is 9.92 Å². The lowest BCUT2D eigenvalue weighted by Crippen LogP contribution is -2.28. The summed E-state index contributed by atoms with van der Waals surface area (Å²) in [6.07, 6.45) is 0. The molecule has 3 aromatic rings. The largest absolute Gasteiger partial charge is 0.534 e. The summed E-state index contributed by atoms with van der Waals surface area (Å²) in [5.41, 5.74) is 3.64. The Morgan fingerprint density at radius 3 is 2.44 bits per heavy atom. The Balaban J connectivity index is 1.75. The average molecular weight is 529 g/mol. The molecule has 2 N–H and O–H groups in total. The number of fused-ring (bicyclic) bond motifs is 1. The number of nitrogens with two attached hydrogens (primary N) is 1. The number of halogens is 5. The minimum atomic E-state index is -5.81. The Hall–Kier alpha value is -2.92. The molecule has 11 heteroatoms. The first kappa shape index (κ1) is 22.3. The van der Waals surface area contributed by atoms with Gasteiger partial charge in [0.05, 0.1) is 4.47 Å². The van der Waals surface area contributed by atoms with E-state index in [9.17, 15) is 26.0 Å². The van der Waals surface area contributed by atoms with E-state index in [-0.39, 0.29) is 10.3 Å². The fourth-order valence-corrected chi connectivity index (χ4v) is 4.26. The molecule has 1 aliphatic heterocycles. The first-order chi connectivity index (χ1) is 15.0. The third kappa shape index (κ3) is 3.97. The lowest BCUT2D eigenvalue weighted by Gasteiger charge is -2.14. The zero-order valence-electron chi connectivity index (χ0n) is 15.9. The van der Waals surface area contributed by atoms with Crippen LogP contribution in [0.2, 0.25) is 0 Å². The van der Waals surface area contributed by atoms with Crippen LogP contribution in [0.5, 0.6) is 5.75 Å². The van der Waals surface area contributed by atoms with Gasteiger partial charge in [-0.1, -0.05) is 36.4 Å². The van der Waals surface area contributed by atoms with Crippen molar-refractivity contribution in [1.29, 1.82) is 0 Å². The number of nitrogens with zero attached hydrogens (tertiary/aromatic N) is 1. The Labute approximate surface area is 188 Å². The maximum Gasteiger partial charge on any atom is 0.534 e. The van der Waals surface area contributed by atoms with E-state index in [1.807, 2.05) is 0 Å². The summed E-state index contributed by atoms with van der Waals surface area (Å²) in [7, 11) is -5.81. The van der Waals surface area contributed by atoms with Crippen LogP contribution in [0.1, 0.15) is 22.7 Å². The van der Waals surface area contributed by atoms with E-state index in [2.05, 4.69) is 25.1 Å². The smallest absolute Gasteiger partial charge is 0.383 e.